The molecule has 3 aromatic carbocycles. The number of benzene rings is 3. The van der Waals surface area contributed by atoms with Gasteiger partial charge in [-0.3, -0.25) is 19.3 Å². The van der Waals surface area contributed by atoms with Gasteiger partial charge in [0.05, 0.1) is 17.2 Å². The van der Waals surface area contributed by atoms with Crippen LogP contribution in [0.15, 0.2) is 84.9 Å². The number of carbonyl (C=O) groups excluding carboxylic acids is 3. The lowest BCUT2D eigenvalue weighted by Gasteiger charge is -2.33. The molecule has 0 spiro atoms. The average molecular weight is 398 g/mol. The van der Waals surface area contributed by atoms with Crippen molar-refractivity contribution in [2.45, 2.75) is 19.0 Å². The topological polar surface area (TPSA) is 57.7 Å². The van der Waals surface area contributed by atoms with E-state index in [1.165, 1.54) is 0 Å². The molecule has 0 aromatic heterocycles. The molecule has 1 aliphatic heterocycles. The summed E-state index contributed by atoms with van der Waals surface area (Å²) in [6, 6.07) is 24.8. The number of likely N-dealkylation sites (N-methyl/N-ethyl adjacent to an activating group) is 1. The number of amides is 3. The summed E-state index contributed by atoms with van der Waals surface area (Å²) in [7, 11) is 1.71. The molecule has 5 nitrogen and oxygen atoms in total. The number of fused-ring (bicyclic) bond motifs is 1. The highest BCUT2D eigenvalue weighted by molar-refractivity contribution is 6.22. The summed E-state index contributed by atoms with van der Waals surface area (Å²) in [5.74, 6) is -1.16. The van der Waals surface area contributed by atoms with Crippen molar-refractivity contribution in [2.75, 3.05) is 7.05 Å². The Kier molecular flexibility index (Phi) is 5.19. The molecular formula is C25H22N2O3. The summed E-state index contributed by atoms with van der Waals surface area (Å²) < 4.78 is 0. The second-order valence-corrected chi connectivity index (χ2v) is 7.37. The predicted molar refractivity (Wildman–Crippen MR) is 114 cm³/mol. The van der Waals surface area contributed by atoms with Gasteiger partial charge in [-0.2, -0.15) is 0 Å². The van der Waals surface area contributed by atoms with Gasteiger partial charge in [-0.15, -0.1) is 0 Å². The highest BCUT2D eigenvalue weighted by Crippen LogP contribution is 2.30. The molecule has 1 atom stereocenters. The molecule has 30 heavy (non-hydrogen) atoms. The van der Waals surface area contributed by atoms with Crippen molar-refractivity contribution >= 4 is 17.7 Å². The van der Waals surface area contributed by atoms with Gasteiger partial charge >= 0.3 is 0 Å². The fourth-order valence-electron chi connectivity index (χ4n) is 4.00. The molecule has 0 fully saturated rings. The lowest BCUT2D eigenvalue weighted by atomic mass is 9.97. The van der Waals surface area contributed by atoms with Crippen LogP contribution in [0.4, 0.5) is 0 Å². The van der Waals surface area contributed by atoms with Gasteiger partial charge in [-0.1, -0.05) is 72.8 Å². The van der Waals surface area contributed by atoms with Crippen LogP contribution in [0.25, 0.3) is 0 Å². The van der Waals surface area contributed by atoms with Crippen LogP contribution >= 0.6 is 0 Å². The Hall–Kier alpha value is -3.73. The maximum absolute atomic E-state index is 13.4. The first-order valence-electron chi connectivity index (χ1n) is 9.84. The second kappa shape index (κ2) is 7.95. The van der Waals surface area contributed by atoms with Gasteiger partial charge in [0, 0.05) is 7.05 Å². The minimum Gasteiger partial charge on any atom is -0.333 e. The summed E-state index contributed by atoms with van der Waals surface area (Å²) in [6.07, 6.45) is 0. The van der Waals surface area contributed by atoms with Crippen molar-refractivity contribution in [1.82, 2.24) is 9.80 Å². The third-order valence-electron chi connectivity index (χ3n) is 5.54. The summed E-state index contributed by atoms with van der Waals surface area (Å²) in [6.45, 7) is 1.60. The van der Waals surface area contributed by atoms with Crippen LogP contribution in [0.2, 0.25) is 0 Å². The van der Waals surface area contributed by atoms with E-state index >= 15 is 0 Å². The van der Waals surface area contributed by atoms with Crippen LogP contribution in [0.1, 0.15) is 44.8 Å². The van der Waals surface area contributed by atoms with E-state index in [-0.39, 0.29) is 11.9 Å². The summed E-state index contributed by atoms with van der Waals surface area (Å²) in [4.78, 5) is 41.8. The Morgan fingerprint density at radius 2 is 1.13 bits per heavy atom. The maximum atomic E-state index is 13.4. The third kappa shape index (κ3) is 3.28. The molecule has 5 heteroatoms. The van der Waals surface area contributed by atoms with E-state index < -0.39 is 17.9 Å². The van der Waals surface area contributed by atoms with E-state index in [0.29, 0.717) is 11.1 Å². The normalized spacial score (nSPS) is 14.0. The van der Waals surface area contributed by atoms with Gasteiger partial charge in [-0.25, -0.2) is 0 Å². The van der Waals surface area contributed by atoms with E-state index in [1.54, 1.807) is 43.1 Å². The molecule has 0 N–H and O–H groups in total. The van der Waals surface area contributed by atoms with Gasteiger partial charge < -0.3 is 4.90 Å². The number of imide groups is 1. The van der Waals surface area contributed by atoms with Crippen LogP contribution in [-0.2, 0) is 4.79 Å². The molecule has 0 bridgehead atoms. The van der Waals surface area contributed by atoms with Crippen molar-refractivity contribution < 1.29 is 14.4 Å². The summed E-state index contributed by atoms with van der Waals surface area (Å²) in [5.41, 5.74) is 2.59. The Morgan fingerprint density at radius 1 is 0.733 bits per heavy atom. The number of nitrogens with zero attached hydrogens (tertiary/aromatic N) is 2. The Bertz CT molecular complexity index is 1020. The van der Waals surface area contributed by atoms with E-state index in [2.05, 4.69) is 0 Å². The molecule has 150 valence electrons. The SMILES string of the molecule is CC(C(=O)N(C)C(c1ccccc1)c1ccccc1)N1C(=O)c2ccccc2C1=O. The van der Waals surface area contributed by atoms with Gasteiger partial charge in [0.15, 0.2) is 0 Å². The molecule has 0 radical (unpaired) electrons. The van der Waals surface area contributed by atoms with E-state index in [0.717, 1.165) is 16.0 Å². The Labute approximate surface area is 175 Å². The second-order valence-electron chi connectivity index (χ2n) is 7.37. The highest BCUT2D eigenvalue weighted by atomic mass is 16.2. The van der Waals surface area contributed by atoms with Gasteiger partial charge in [0.25, 0.3) is 11.8 Å². The highest BCUT2D eigenvalue weighted by Gasteiger charge is 2.42. The number of hydrogen-bond donors (Lipinski definition) is 0. The standard InChI is InChI=1S/C25H22N2O3/c1-17(27-24(29)20-15-9-10-16-21(20)25(27)30)23(28)26(2)22(18-11-5-3-6-12-18)19-13-7-4-8-14-19/h3-17,22H,1-2H3. The minimum absolute atomic E-state index is 0.304. The smallest absolute Gasteiger partial charge is 0.262 e. The largest absolute Gasteiger partial charge is 0.333 e. The molecule has 3 aromatic rings. The lowest BCUT2D eigenvalue weighted by molar-refractivity contribution is -0.135. The van der Waals surface area contributed by atoms with Gasteiger partial charge in [-0.05, 0) is 30.2 Å². The molecule has 3 amide bonds. The van der Waals surface area contributed by atoms with Crippen molar-refractivity contribution in [3.05, 3.63) is 107 Å². The molecule has 4 rings (SSSR count). The number of carbonyl (C=O) groups is 3. The van der Waals surface area contributed by atoms with Crippen molar-refractivity contribution in [3.63, 3.8) is 0 Å². The molecule has 1 heterocycles. The van der Waals surface area contributed by atoms with Crippen LogP contribution < -0.4 is 0 Å². The van der Waals surface area contributed by atoms with Crippen LogP contribution in [0, 0.1) is 0 Å². The zero-order chi connectivity index (χ0) is 21.3. The van der Waals surface area contributed by atoms with E-state index in [1.807, 2.05) is 60.7 Å². The molecular weight excluding hydrogens is 376 g/mol. The van der Waals surface area contributed by atoms with Crippen LogP contribution in [-0.4, -0.2) is 40.6 Å². The predicted octanol–water partition coefficient (Wildman–Crippen LogP) is 3.92. The number of hydrogen-bond acceptors (Lipinski definition) is 3. The number of rotatable bonds is 5. The monoisotopic (exact) mass is 398 g/mol. The molecule has 1 aliphatic rings. The summed E-state index contributed by atoms with van der Waals surface area (Å²) in [5, 5.41) is 0. The molecule has 0 saturated carbocycles. The fourth-order valence-corrected chi connectivity index (χ4v) is 4.00. The minimum atomic E-state index is -0.919. The van der Waals surface area contributed by atoms with Crippen molar-refractivity contribution in [1.29, 1.82) is 0 Å². The first-order chi connectivity index (χ1) is 14.5. The Morgan fingerprint density at radius 3 is 1.57 bits per heavy atom. The average Bonchev–Trinajstić information content (AvgIpc) is 3.04. The molecule has 1 unspecified atom stereocenters. The Balaban J connectivity index is 1.66. The summed E-state index contributed by atoms with van der Waals surface area (Å²) >= 11 is 0. The first kappa shape index (κ1) is 19.6. The van der Waals surface area contributed by atoms with E-state index in [4.69, 9.17) is 0 Å². The van der Waals surface area contributed by atoms with Crippen molar-refractivity contribution in [3.8, 4) is 0 Å². The van der Waals surface area contributed by atoms with Gasteiger partial charge in [0.2, 0.25) is 5.91 Å². The zero-order valence-electron chi connectivity index (χ0n) is 16.9. The van der Waals surface area contributed by atoms with Crippen LogP contribution in [0.5, 0.6) is 0 Å². The quantitative estimate of drug-likeness (QED) is 0.612. The van der Waals surface area contributed by atoms with E-state index in [9.17, 15) is 14.4 Å². The third-order valence-corrected chi connectivity index (χ3v) is 5.54. The van der Waals surface area contributed by atoms with Crippen molar-refractivity contribution in [2.24, 2.45) is 0 Å². The van der Waals surface area contributed by atoms with Gasteiger partial charge in [0.1, 0.15) is 6.04 Å². The first-order valence-corrected chi connectivity index (χ1v) is 9.84. The molecule has 0 saturated heterocycles. The lowest BCUT2D eigenvalue weighted by Crippen LogP contribution is -2.49. The molecule has 0 aliphatic carbocycles. The fraction of sp³-hybridized carbons (Fsp3) is 0.160. The zero-order valence-corrected chi connectivity index (χ0v) is 16.9. The van der Waals surface area contributed by atoms with Crippen LogP contribution in [0.3, 0.4) is 0 Å². The maximum Gasteiger partial charge on any atom is 0.262 e.